The highest BCUT2D eigenvalue weighted by Gasteiger charge is 2.21. The normalized spacial score (nSPS) is 16.0. The maximum atomic E-state index is 12.2. The van der Waals surface area contributed by atoms with E-state index in [1.54, 1.807) is 0 Å². The zero-order valence-electron chi connectivity index (χ0n) is 12.4. The van der Waals surface area contributed by atoms with Crippen LogP contribution in [0.4, 0.5) is 0 Å². The highest BCUT2D eigenvalue weighted by atomic mass is 16.7. The SMILES string of the molecule is CCN(Cc1ccc2c(c1)OCO2)C(=O)CNCC1CC1. The largest absolute Gasteiger partial charge is 0.454 e. The zero-order chi connectivity index (χ0) is 14.7. The zero-order valence-corrected chi connectivity index (χ0v) is 12.4. The van der Waals surface area contributed by atoms with Crippen molar-refractivity contribution in [3.05, 3.63) is 23.8 Å². The maximum Gasteiger partial charge on any atom is 0.236 e. The molecule has 0 radical (unpaired) electrons. The molecule has 2 aliphatic rings. The lowest BCUT2D eigenvalue weighted by Gasteiger charge is -2.21. The van der Waals surface area contributed by atoms with E-state index < -0.39 is 0 Å². The molecule has 114 valence electrons. The summed E-state index contributed by atoms with van der Waals surface area (Å²) < 4.78 is 10.7. The van der Waals surface area contributed by atoms with E-state index in [4.69, 9.17) is 9.47 Å². The fourth-order valence-electron chi connectivity index (χ4n) is 2.45. The van der Waals surface area contributed by atoms with Gasteiger partial charge in [0.1, 0.15) is 0 Å². The van der Waals surface area contributed by atoms with Crippen LogP contribution in [-0.4, -0.2) is 37.2 Å². The van der Waals surface area contributed by atoms with Crippen molar-refractivity contribution in [2.24, 2.45) is 5.92 Å². The minimum Gasteiger partial charge on any atom is -0.454 e. The molecule has 1 heterocycles. The van der Waals surface area contributed by atoms with Crippen LogP contribution in [0, 0.1) is 5.92 Å². The molecule has 5 nitrogen and oxygen atoms in total. The third-order valence-corrected chi connectivity index (χ3v) is 3.95. The number of amides is 1. The van der Waals surface area contributed by atoms with Gasteiger partial charge in [0.15, 0.2) is 11.5 Å². The van der Waals surface area contributed by atoms with Crippen LogP contribution in [0.2, 0.25) is 0 Å². The van der Waals surface area contributed by atoms with Gasteiger partial charge in [-0.25, -0.2) is 0 Å². The van der Waals surface area contributed by atoms with Gasteiger partial charge in [-0.15, -0.1) is 0 Å². The molecule has 1 saturated carbocycles. The second kappa shape index (κ2) is 6.35. The Morgan fingerprint density at radius 1 is 1.33 bits per heavy atom. The molecular formula is C16H22N2O3. The Labute approximate surface area is 125 Å². The molecule has 1 aromatic rings. The summed E-state index contributed by atoms with van der Waals surface area (Å²) in [5.41, 5.74) is 1.07. The Bertz CT molecular complexity index is 514. The molecule has 1 aliphatic carbocycles. The van der Waals surface area contributed by atoms with Crippen molar-refractivity contribution in [2.75, 3.05) is 26.4 Å². The summed E-state index contributed by atoms with van der Waals surface area (Å²) in [5.74, 6) is 2.49. The highest BCUT2D eigenvalue weighted by Crippen LogP contribution is 2.32. The van der Waals surface area contributed by atoms with E-state index in [0.29, 0.717) is 19.6 Å². The molecule has 0 unspecified atom stereocenters. The second-order valence-electron chi connectivity index (χ2n) is 5.67. The fourth-order valence-corrected chi connectivity index (χ4v) is 2.45. The van der Waals surface area contributed by atoms with E-state index in [0.717, 1.165) is 29.5 Å². The van der Waals surface area contributed by atoms with E-state index in [1.807, 2.05) is 30.0 Å². The first-order valence-electron chi connectivity index (χ1n) is 7.63. The van der Waals surface area contributed by atoms with Gasteiger partial charge in [0, 0.05) is 13.1 Å². The number of nitrogens with zero attached hydrogens (tertiary/aromatic N) is 1. The van der Waals surface area contributed by atoms with Crippen LogP contribution in [0.1, 0.15) is 25.3 Å². The lowest BCUT2D eigenvalue weighted by molar-refractivity contribution is -0.130. The molecule has 0 aromatic heterocycles. The minimum absolute atomic E-state index is 0.149. The lowest BCUT2D eigenvalue weighted by Crippen LogP contribution is -2.38. The van der Waals surface area contributed by atoms with Gasteiger partial charge in [-0.2, -0.15) is 0 Å². The lowest BCUT2D eigenvalue weighted by atomic mass is 10.2. The van der Waals surface area contributed by atoms with Crippen LogP contribution in [-0.2, 0) is 11.3 Å². The third kappa shape index (κ3) is 3.67. The number of benzene rings is 1. The number of ether oxygens (including phenoxy) is 2. The van der Waals surface area contributed by atoms with Gasteiger partial charge in [0.05, 0.1) is 6.54 Å². The standard InChI is InChI=1S/C16H22N2O3/c1-2-18(16(19)9-17-8-12-3-4-12)10-13-5-6-14-15(7-13)21-11-20-14/h5-7,12,17H,2-4,8-11H2,1H3. The van der Waals surface area contributed by atoms with Gasteiger partial charge in [-0.1, -0.05) is 6.07 Å². The molecule has 0 saturated heterocycles. The Balaban J connectivity index is 1.54. The van der Waals surface area contributed by atoms with Crippen LogP contribution in [0.25, 0.3) is 0 Å². The summed E-state index contributed by atoms with van der Waals surface area (Å²) in [5, 5.41) is 3.25. The summed E-state index contributed by atoms with van der Waals surface area (Å²) >= 11 is 0. The van der Waals surface area contributed by atoms with Crippen molar-refractivity contribution < 1.29 is 14.3 Å². The van der Waals surface area contributed by atoms with Crippen molar-refractivity contribution >= 4 is 5.91 Å². The van der Waals surface area contributed by atoms with Crippen molar-refractivity contribution in [2.45, 2.75) is 26.3 Å². The molecule has 5 heteroatoms. The average Bonchev–Trinajstić information content (AvgIpc) is 3.19. The Kier molecular flexibility index (Phi) is 4.29. The summed E-state index contributed by atoms with van der Waals surface area (Å²) in [6.07, 6.45) is 2.60. The van der Waals surface area contributed by atoms with Gasteiger partial charge < -0.3 is 19.7 Å². The summed E-state index contributed by atoms with van der Waals surface area (Å²) in [6, 6.07) is 5.85. The monoisotopic (exact) mass is 290 g/mol. The molecule has 1 N–H and O–H groups in total. The second-order valence-corrected chi connectivity index (χ2v) is 5.67. The van der Waals surface area contributed by atoms with E-state index >= 15 is 0 Å². The van der Waals surface area contributed by atoms with Gasteiger partial charge in [0.25, 0.3) is 0 Å². The van der Waals surface area contributed by atoms with Crippen LogP contribution in [0.15, 0.2) is 18.2 Å². The molecular weight excluding hydrogens is 268 g/mol. The van der Waals surface area contributed by atoms with Crippen molar-refractivity contribution in [3.63, 3.8) is 0 Å². The molecule has 21 heavy (non-hydrogen) atoms. The summed E-state index contributed by atoms with van der Waals surface area (Å²) in [6.45, 7) is 4.99. The number of fused-ring (bicyclic) bond motifs is 1. The molecule has 1 amide bonds. The van der Waals surface area contributed by atoms with Crippen LogP contribution in [0.3, 0.4) is 0 Å². The van der Waals surface area contributed by atoms with Gasteiger partial charge in [-0.05, 0) is 49.9 Å². The quantitative estimate of drug-likeness (QED) is 0.831. The van der Waals surface area contributed by atoms with E-state index in [9.17, 15) is 4.79 Å². The summed E-state index contributed by atoms with van der Waals surface area (Å²) in [7, 11) is 0. The molecule has 3 rings (SSSR count). The molecule has 1 aliphatic heterocycles. The van der Waals surface area contributed by atoms with E-state index in [1.165, 1.54) is 12.8 Å². The van der Waals surface area contributed by atoms with Crippen LogP contribution >= 0.6 is 0 Å². The predicted octanol–water partition coefficient (Wildman–Crippen LogP) is 1.76. The number of carbonyl (C=O) groups excluding carboxylic acids is 1. The number of nitrogens with one attached hydrogen (secondary N) is 1. The topological polar surface area (TPSA) is 50.8 Å². The van der Waals surface area contributed by atoms with Crippen molar-refractivity contribution in [1.29, 1.82) is 0 Å². The first-order chi connectivity index (χ1) is 10.3. The van der Waals surface area contributed by atoms with Crippen LogP contribution < -0.4 is 14.8 Å². The Hall–Kier alpha value is -1.75. The number of likely N-dealkylation sites (N-methyl/N-ethyl adjacent to an activating group) is 1. The fraction of sp³-hybridized carbons (Fsp3) is 0.562. The highest BCUT2D eigenvalue weighted by molar-refractivity contribution is 5.78. The van der Waals surface area contributed by atoms with Crippen LogP contribution in [0.5, 0.6) is 11.5 Å². The smallest absolute Gasteiger partial charge is 0.236 e. The average molecular weight is 290 g/mol. The van der Waals surface area contributed by atoms with Gasteiger partial charge >= 0.3 is 0 Å². The molecule has 1 aromatic carbocycles. The van der Waals surface area contributed by atoms with E-state index in [-0.39, 0.29) is 12.7 Å². The number of hydrogen-bond acceptors (Lipinski definition) is 4. The Morgan fingerprint density at radius 2 is 2.14 bits per heavy atom. The predicted molar refractivity (Wildman–Crippen MR) is 79.2 cm³/mol. The van der Waals surface area contributed by atoms with Gasteiger partial charge in [0.2, 0.25) is 12.7 Å². The minimum atomic E-state index is 0.149. The van der Waals surface area contributed by atoms with Crippen molar-refractivity contribution in [3.8, 4) is 11.5 Å². The van der Waals surface area contributed by atoms with Gasteiger partial charge in [-0.3, -0.25) is 4.79 Å². The summed E-state index contributed by atoms with van der Waals surface area (Å²) in [4.78, 5) is 14.1. The maximum absolute atomic E-state index is 12.2. The number of rotatable bonds is 7. The molecule has 0 atom stereocenters. The van der Waals surface area contributed by atoms with E-state index in [2.05, 4.69) is 5.32 Å². The molecule has 1 fully saturated rings. The third-order valence-electron chi connectivity index (χ3n) is 3.95. The number of hydrogen-bond donors (Lipinski definition) is 1. The molecule has 0 spiro atoms. The first kappa shape index (κ1) is 14.2. The van der Waals surface area contributed by atoms with Crippen molar-refractivity contribution in [1.82, 2.24) is 10.2 Å². The first-order valence-corrected chi connectivity index (χ1v) is 7.63. The number of carbonyl (C=O) groups is 1. The Morgan fingerprint density at radius 3 is 2.90 bits per heavy atom. The molecule has 0 bridgehead atoms.